The predicted molar refractivity (Wildman–Crippen MR) is 228 cm³/mol. The minimum atomic E-state index is -0.0400. The normalized spacial score (nSPS) is 14.1. The number of rotatable bonds is 11. The molecule has 1 aromatic heterocycles. The summed E-state index contributed by atoms with van der Waals surface area (Å²) >= 11 is 0. The van der Waals surface area contributed by atoms with E-state index in [-0.39, 0.29) is 5.41 Å². The van der Waals surface area contributed by atoms with Gasteiger partial charge < -0.3 is 0 Å². The van der Waals surface area contributed by atoms with E-state index in [0.717, 1.165) is 40.7 Å². The Morgan fingerprint density at radius 1 is 0.519 bits per heavy atom. The molecular weight excluding hydrogens is 655 g/mol. The summed E-state index contributed by atoms with van der Waals surface area (Å²) in [6.45, 7) is 12.1. The second kappa shape index (κ2) is 16.7. The van der Waals surface area contributed by atoms with Crippen molar-refractivity contribution in [2.75, 3.05) is 0 Å². The Hall–Kier alpha value is -6.19. The largest absolute Gasteiger partial charge is 0.208 e. The highest BCUT2D eigenvalue weighted by Gasteiger charge is 2.35. The molecule has 0 radical (unpaired) electrons. The molecule has 0 unspecified atom stereocenters. The van der Waals surface area contributed by atoms with Crippen LogP contribution in [0.5, 0.6) is 0 Å². The highest BCUT2D eigenvalue weighted by atomic mass is 15.0. The molecule has 1 saturated carbocycles. The molecule has 0 N–H and O–H groups in total. The van der Waals surface area contributed by atoms with Gasteiger partial charge in [0.2, 0.25) is 0 Å². The van der Waals surface area contributed by atoms with Crippen molar-refractivity contribution in [2.24, 2.45) is 0 Å². The molecule has 1 aliphatic rings. The summed E-state index contributed by atoms with van der Waals surface area (Å²) in [5.74, 6) is 1.88. The van der Waals surface area contributed by atoms with Crippen LogP contribution >= 0.6 is 0 Å². The molecule has 1 heterocycles. The lowest BCUT2D eigenvalue weighted by Crippen LogP contribution is -2.30. The third kappa shape index (κ3) is 7.77. The van der Waals surface area contributed by atoms with Crippen LogP contribution in [-0.2, 0) is 5.41 Å². The first-order valence-corrected chi connectivity index (χ1v) is 19.0. The molecule has 6 aromatic rings. The van der Waals surface area contributed by atoms with E-state index in [1.807, 2.05) is 42.5 Å². The lowest BCUT2D eigenvalue weighted by atomic mass is 9.65. The SMILES string of the molecule is C=C/C=C\C(=C(C)C)/C(=C\C=C)c1nc(-c2ccccc2)nc(-c2ccc(C3(c4ccc(-c5ccc(-c6ccccc6)cc5)cc4)CCCCC3)cc2)n1. The van der Waals surface area contributed by atoms with Crippen molar-refractivity contribution in [1.29, 1.82) is 0 Å². The van der Waals surface area contributed by atoms with E-state index in [1.165, 1.54) is 52.6 Å². The van der Waals surface area contributed by atoms with E-state index in [4.69, 9.17) is 15.0 Å². The minimum absolute atomic E-state index is 0.0400. The summed E-state index contributed by atoms with van der Waals surface area (Å²) in [6.07, 6.45) is 15.5. The Morgan fingerprint density at radius 2 is 0.963 bits per heavy atom. The van der Waals surface area contributed by atoms with Crippen molar-refractivity contribution in [3.63, 3.8) is 0 Å². The standard InChI is InChI=1S/C51H47N3/c1-5-7-22-46(37(3)4)47(17-6-2)50-53-48(42-20-13-9-14-21-42)52-49(54-50)43-29-33-45(34-30-43)51(35-15-10-16-36-51)44-31-27-41(28-32-44)40-25-23-39(24-26-40)38-18-11-8-12-19-38/h5-9,11-14,17-34H,1-2,10,15-16,35-36H2,3-4H3/b22-7-,47-17+. The van der Waals surface area contributed by atoms with E-state index in [1.54, 1.807) is 12.2 Å². The molecule has 266 valence electrons. The Kier molecular flexibility index (Phi) is 11.2. The first kappa shape index (κ1) is 36.2. The van der Waals surface area contributed by atoms with Gasteiger partial charge in [0.05, 0.1) is 0 Å². The van der Waals surface area contributed by atoms with Gasteiger partial charge in [-0.25, -0.2) is 15.0 Å². The average molecular weight is 702 g/mol. The predicted octanol–water partition coefficient (Wildman–Crippen LogP) is 13.4. The van der Waals surface area contributed by atoms with Gasteiger partial charge in [-0.05, 0) is 65.6 Å². The van der Waals surface area contributed by atoms with Crippen LogP contribution in [0, 0.1) is 0 Å². The van der Waals surface area contributed by atoms with Gasteiger partial charge in [0.15, 0.2) is 17.5 Å². The Balaban J connectivity index is 1.24. The van der Waals surface area contributed by atoms with Gasteiger partial charge in [0, 0.05) is 22.1 Å². The van der Waals surface area contributed by atoms with Crippen LogP contribution in [0.2, 0.25) is 0 Å². The fraction of sp³-hybridized carbons (Fsp3) is 0.157. The van der Waals surface area contributed by atoms with Gasteiger partial charge in [-0.3, -0.25) is 0 Å². The van der Waals surface area contributed by atoms with Gasteiger partial charge in [-0.2, -0.15) is 0 Å². The molecule has 5 aromatic carbocycles. The van der Waals surface area contributed by atoms with Crippen LogP contribution in [0.25, 0.3) is 50.6 Å². The van der Waals surface area contributed by atoms with Gasteiger partial charge in [0.25, 0.3) is 0 Å². The zero-order valence-electron chi connectivity index (χ0n) is 31.4. The fourth-order valence-electron chi connectivity index (χ4n) is 7.74. The maximum Gasteiger partial charge on any atom is 0.164 e. The van der Waals surface area contributed by atoms with Gasteiger partial charge in [-0.1, -0.05) is 202 Å². The van der Waals surface area contributed by atoms with E-state index < -0.39 is 0 Å². The number of allylic oxidation sites excluding steroid dienone is 8. The van der Waals surface area contributed by atoms with Gasteiger partial charge in [0.1, 0.15) is 0 Å². The van der Waals surface area contributed by atoms with Crippen LogP contribution in [0.3, 0.4) is 0 Å². The second-order valence-electron chi connectivity index (χ2n) is 14.2. The first-order valence-electron chi connectivity index (χ1n) is 19.0. The van der Waals surface area contributed by atoms with Crippen LogP contribution in [0.4, 0.5) is 0 Å². The lowest BCUT2D eigenvalue weighted by molar-refractivity contribution is 0.346. The molecule has 0 aliphatic heterocycles. The zero-order valence-corrected chi connectivity index (χ0v) is 31.4. The van der Waals surface area contributed by atoms with Crippen LogP contribution in [0.15, 0.2) is 188 Å². The number of nitrogens with zero attached hydrogens (tertiary/aromatic N) is 3. The molecule has 7 rings (SSSR count). The smallest absolute Gasteiger partial charge is 0.164 e. The first-order chi connectivity index (χ1) is 26.5. The van der Waals surface area contributed by atoms with Crippen LogP contribution < -0.4 is 0 Å². The summed E-state index contributed by atoms with van der Waals surface area (Å²) in [4.78, 5) is 15.2. The summed E-state index contributed by atoms with van der Waals surface area (Å²) in [7, 11) is 0. The fourth-order valence-corrected chi connectivity index (χ4v) is 7.74. The number of benzene rings is 5. The summed E-state index contributed by atoms with van der Waals surface area (Å²) in [5, 5.41) is 0. The topological polar surface area (TPSA) is 38.7 Å². The summed E-state index contributed by atoms with van der Waals surface area (Å²) < 4.78 is 0. The molecule has 3 heteroatoms. The summed E-state index contributed by atoms with van der Waals surface area (Å²) in [5.41, 5.74) is 12.6. The number of hydrogen-bond donors (Lipinski definition) is 0. The molecule has 0 saturated heterocycles. The average Bonchev–Trinajstić information content (AvgIpc) is 3.24. The highest BCUT2D eigenvalue weighted by molar-refractivity contribution is 5.82. The van der Waals surface area contributed by atoms with Crippen LogP contribution in [-0.4, -0.2) is 15.0 Å². The number of hydrogen-bond acceptors (Lipinski definition) is 3. The highest BCUT2D eigenvalue weighted by Crippen LogP contribution is 2.46. The van der Waals surface area contributed by atoms with Crippen molar-refractivity contribution in [3.05, 3.63) is 205 Å². The molecular formula is C51H47N3. The summed E-state index contributed by atoms with van der Waals surface area (Å²) in [6, 6.07) is 47.9. The molecule has 3 nitrogen and oxygen atoms in total. The molecule has 0 atom stereocenters. The van der Waals surface area contributed by atoms with Crippen molar-refractivity contribution in [3.8, 4) is 45.0 Å². The maximum absolute atomic E-state index is 5.11. The molecule has 0 amide bonds. The molecule has 54 heavy (non-hydrogen) atoms. The van der Waals surface area contributed by atoms with E-state index >= 15 is 0 Å². The molecule has 0 spiro atoms. The number of aromatic nitrogens is 3. The quantitative estimate of drug-likeness (QED) is 0.126. The molecule has 0 bridgehead atoms. The van der Waals surface area contributed by atoms with E-state index in [0.29, 0.717) is 17.5 Å². The van der Waals surface area contributed by atoms with E-state index in [9.17, 15) is 0 Å². The third-order valence-corrected chi connectivity index (χ3v) is 10.6. The van der Waals surface area contributed by atoms with Crippen LogP contribution in [0.1, 0.15) is 62.9 Å². The monoisotopic (exact) mass is 701 g/mol. The molecule has 1 fully saturated rings. The van der Waals surface area contributed by atoms with Crippen molar-refractivity contribution in [2.45, 2.75) is 51.4 Å². The molecule has 1 aliphatic carbocycles. The van der Waals surface area contributed by atoms with E-state index in [2.05, 4.69) is 136 Å². The lowest BCUT2D eigenvalue weighted by Gasteiger charge is -2.39. The van der Waals surface area contributed by atoms with Gasteiger partial charge >= 0.3 is 0 Å². The maximum atomic E-state index is 5.11. The van der Waals surface area contributed by atoms with Crippen molar-refractivity contribution < 1.29 is 0 Å². The minimum Gasteiger partial charge on any atom is -0.208 e. The zero-order chi connectivity index (χ0) is 37.3. The Morgan fingerprint density at radius 3 is 1.44 bits per heavy atom. The van der Waals surface area contributed by atoms with Crippen molar-refractivity contribution in [1.82, 2.24) is 15.0 Å². The second-order valence-corrected chi connectivity index (χ2v) is 14.2. The Bertz CT molecular complexity index is 2300. The van der Waals surface area contributed by atoms with Crippen molar-refractivity contribution >= 4 is 5.57 Å². The van der Waals surface area contributed by atoms with Gasteiger partial charge in [-0.15, -0.1) is 0 Å². The third-order valence-electron chi connectivity index (χ3n) is 10.6. The Labute approximate surface area is 320 Å².